The maximum atomic E-state index is 12.6. The molecule has 0 spiro atoms. The maximum Gasteiger partial charge on any atom is 0.367 e. The van der Waals surface area contributed by atoms with E-state index >= 15 is 0 Å². The Hall–Kier alpha value is -2.97. The van der Waals surface area contributed by atoms with Crippen LogP contribution in [0.25, 0.3) is 0 Å². The Balaban J connectivity index is 1.82. The van der Waals surface area contributed by atoms with E-state index < -0.39 is 16.0 Å². The van der Waals surface area contributed by atoms with E-state index in [9.17, 15) is 13.2 Å². The van der Waals surface area contributed by atoms with Crippen LogP contribution in [-0.4, -0.2) is 20.1 Å². The number of rotatable bonds is 6. The van der Waals surface area contributed by atoms with E-state index in [0.717, 1.165) is 10.4 Å². The van der Waals surface area contributed by atoms with Gasteiger partial charge in [-0.1, -0.05) is 41.1 Å². The first kappa shape index (κ1) is 19.8. The van der Waals surface area contributed by atoms with Crippen LogP contribution in [0.1, 0.15) is 27.7 Å². The van der Waals surface area contributed by atoms with Crippen molar-refractivity contribution in [1.82, 2.24) is 0 Å². The smallest absolute Gasteiger partial charge is 0.312 e. The summed E-state index contributed by atoms with van der Waals surface area (Å²) in [6.07, 6.45) is 0. The topological polar surface area (TPSA) is 84.8 Å². The van der Waals surface area contributed by atoms with Crippen molar-refractivity contribution in [2.45, 2.75) is 18.7 Å². The van der Waals surface area contributed by atoms with Gasteiger partial charge in [-0.15, -0.1) is 11.3 Å². The lowest BCUT2D eigenvalue weighted by atomic mass is 10.2. The summed E-state index contributed by atoms with van der Waals surface area (Å²) in [4.78, 5) is 18.4. The lowest BCUT2D eigenvalue weighted by molar-refractivity contribution is 0.0517. The van der Waals surface area contributed by atoms with E-state index in [-0.39, 0.29) is 16.1 Å². The second-order valence-corrected chi connectivity index (χ2v) is 8.63. The monoisotopic (exact) mass is 414 g/mol. The van der Waals surface area contributed by atoms with Crippen molar-refractivity contribution < 1.29 is 18.0 Å². The van der Waals surface area contributed by atoms with Gasteiger partial charge in [0.2, 0.25) is 0 Å². The largest absolute Gasteiger partial charge is 0.367 e. The molecule has 0 radical (unpaired) electrons. The molecule has 0 aliphatic rings. The van der Waals surface area contributed by atoms with E-state index in [1.807, 2.05) is 24.4 Å². The van der Waals surface area contributed by atoms with Crippen LogP contribution >= 0.6 is 11.3 Å². The van der Waals surface area contributed by atoms with Crippen LogP contribution in [0.2, 0.25) is 0 Å². The minimum Gasteiger partial charge on any atom is -0.312 e. The molecule has 0 saturated carbocycles. The van der Waals surface area contributed by atoms with Crippen molar-refractivity contribution in [3.8, 4) is 0 Å². The molecule has 0 atom stereocenters. The van der Waals surface area contributed by atoms with Gasteiger partial charge in [0, 0.05) is 0 Å². The summed E-state index contributed by atoms with van der Waals surface area (Å²) in [7, 11) is -3.84. The van der Waals surface area contributed by atoms with Gasteiger partial charge in [-0.3, -0.25) is 4.72 Å². The number of benzene rings is 2. The normalized spacial score (nSPS) is 11.9. The highest BCUT2D eigenvalue weighted by molar-refractivity contribution is 7.92. The minimum atomic E-state index is -3.84. The minimum absolute atomic E-state index is 0.0703. The molecule has 1 aromatic heterocycles. The summed E-state index contributed by atoms with van der Waals surface area (Å²) in [5.74, 6) is -0.752. The summed E-state index contributed by atoms with van der Waals surface area (Å²) in [6.45, 7) is 3.60. The number of hydrogen-bond donors (Lipinski definition) is 1. The third kappa shape index (κ3) is 4.65. The van der Waals surface area contributed by atoms with Crippen LogP contribution in [0.3, 0.4) is 0 Å². The number of carbonyl (C=O) groups excluding carboxylic acids is 1. The molecule has 3 aromatic rings. The number of aryl methyl sites for hydroxylation is 1. The first-order valence-corrected chi connectivity index (χ1v) is 10.7. The fourth-order valence-electron chi connectivity index (χ4n) is 2.36. The Morgan fingerprint density at radius 3 is 2.43 bits per heavy atom. The van der Waals surface area contributed by atoms with Crippen LogP contribution in [0.4, 0.5) is 5.69 Å². The van der Waals surface area contributed by atoms with Gasteiger partial charge >= 0.3 is 5.97 Å². The van der Waals surface area contributed by atoms with Gasteiger partial charge in [0.15, 0.2) is 0 Å². The molecule has 3 rings (SSSR count). The van der Waals surface area contributed by atoms with Crippen molar-refractivity contribution >= 4 is 38.7 Å². The number of carbonyl (C=O) groups is 1. The summed E-state index contributed by atoms with van der Waals surface area (Å²) >= 11 is 1.47. The zero-order chi connectivity index (χ0) is 20.1. The molecule has 1 heterocycles. The number of nitrogens with zero attached hydrogens (tertiary/aromatic N) is 1. The van der Waals surface area contributed by atoms with E-state index in [2.05, 4.69) is 9.88 Å². The lowest BCUT2D eigenvalue weighted by Gasteiger charge is -2.11. The van der Waals surface area contributed by atoms with Crippen LogP contribution in [0.15, 0.2) is 76.1 Å². The number of hydrogen-bond acceptors (Lipinski definition) is 6. The highest BCUT2D eigenvalue weighted by atomic mass is 32.2. The first-order chi connectivity index (χ1) is 13.4. The van der Waals surface area contributed by atoms with Gasteiger partial charge in [-0.2, -0.15) is 0 Å². The van der Waals surface area contributed by atoms with Crippen LogP contribution < -0.4 is 4.72 Å². The van der Waals surface area contributed by atoms with Gasteiger partial charge in [0.25, 0.3) is 10.0 Å². The predicted molar refractivity (Wildman–Crippen MR) is 110 cm³/mol. The fraction of sp³-hybridized carbons (Fsp3) is 0.100. The molecule has 1 N–H and O–H groups in total. The molecule has 0 aliphatic heterocycles. The quantitative estimate of drug-likeness (QED) is 0.367. The summed E-state index contributed by atoms with van der Waals surface area (Å²) in [5.41, 5.74) is 1.70. The molecule has 0 unspecified atom stereocenters. The van der Waals surface area contributed by atoms with Crippen LogP contribution in [-0.2, 0) is 14.9 Å². The summed E-state index contributed by atoms with van der Waals surface area (Å²) < 4.78 is 27.7. The standard InChI is InChI=1S/C20H18N2O4S2/c1-14-9-11-16(12-10-14)28(24,25)22-18-7-4-3-6-17(18)20(23)26-21-15(2)19-8-5-13-27-19/h3-13,22H,1-2H3/b21-15+. The summed E-state index contributed by atoms with van der Waals surface area (Å²) in [5, 5.41) is 5.74. The Bertz CT molecular complexity index is 1100. The Labute approximate surface area is 167 Å². The molecule has 28 heavy (non-hydrogen) atoms. The van der Waals surface area contributed by atoms with Crippen molar-refractivity contribution in [2.75, 3.05) is 4.72 Å². The number of sulfonamides is 1. The maximum absolute atomic E-state index is 12.6. The SMILES string of the molecule is C/C(=N\OC(=O)c1ccccc1NS(=O)(=O)c1ccc(C)cc1)c1cccs1. The molecule has 0 aliphatic carbocycles. The highest BCUT2D eigenvalue weighted by Gasteiger charge is 2.19. The van der Waals surface area contributed by atoms with Crippen molar-refractivity contribution in [1.29, 1.82) is 0 Å². The third-order valence-corrected chi connectivity index (χ3v) is 6.23. The zero-order valence-corrected chi connectivity index (χ0v) is 16.9. The van der Waals surface area contributed by atoms with Gasteiger partial charge < -0.3 is 4.84 Å². The zero-order valence-electron chi connectivity index (χ0n) is 15.2. The molecule has 8 heteroatoms. The molecular formula is C20H18N2O4S2. The number of anilines is 1. The third-order valence-electron chi connectivity index (χ3n) is 3.87. The highest BCUT2D eigenvalue weighted by Crippen LogP contribution is 2.21. The van der Waals surface area contributed by atoms with E-state index in [0.29, 0.717) is 5.71 Å². The van der Waals surface area contributed by atoms with Gasteiger partial charge in [0.05, 0.1) is 26.7 Å². The molecule has 0 fully saturated rings. The van der Waals surface area contributed by atoms with Gasteiger partial charge in [-0.05, 0) is 49.6 Å². The van der Waals surface area contributed by atoms with Crippen molar-refractivity contribution in [2.24, 2.45) is 5.16 Å². The van der Waals surface area contributed by atoms with Crippen LogP contribution in [0.5, 0.6) is 0 Å². The molecule has 144 valence electrons. The molecule has 0 bridgehead atoms. The average molecular weight is 415 g/mol. The first-order valence-electron chi connectivity index (χ1n) is 8.35. The lowest BCUT2D eigenvalue weighted by Crippen LogP contribution is -2.16. The van der Waals surface area contributed by atoms with E-state index in [1.165, 1.54) is 35.6 Å². The Kier molecular flexibility index (Phi) is 5.91. The van der Waals surface area contributed by atoms with Crippen molar-refractivity contribution in [3.63, 3.8) is 0 Å². The summed E-state index contributed by atoms with van der Waals surface area (Å²) in [6, 6.07) is 16.4. The second-order valence-electron chi connectivity index (χ2n) is 6.00. The fourth-order valence-corrected chi connectivity index (χ4v) is 4.11. The Morgan fingerprint density at radius 1 is 1.04 bits per heavy atom. The second kappa shape index (κ2) is 8.37. The number of nitrogens with one attached hydrogen (secondary N) is 1. The number of thiophene rings is 1. The Morgan fingerprint density at radius 2 is 1.75 bits per heavy atom. The molecule has 6 nitrogen and oxygen atoms in total. The van der Waals surface area contributed by atoms with Crippen LogP contribution in [0, 0.1) is 6.92 Å². The number of oxime groups is 1. The molecule has 0 amide bonds. The van der Waals surface area contributed by atoms with E-state index in [4.69, 9.17) is 4.84 Å². The van der Waals surface area contributed by atoms with Gasteiger partial charge in [0.1, 0.15) is 0 Å². The molecular weight excluding hydrogens is 396 g/mol. The average Bonchev–Trinajstić information content (AvgIpc) is 3.21. The number of para-hydroxylation sites is 1. The predicted octanol–water partition coefficient (Wildman–Crippen LogP) is 4.44. The van der Waals surface area contributed by atoms with Gasteiger partial charge in [-0.25, -0.2) is 13.2 Å². The van der Waals surface area contributed by atoms with Crippen molar-refractivity contribution in [3.05, 3.63) is 82.0 Å². The molecule has 2 aromatic carbocycles. The molecule has 0 saturated heterocycles. The van der Waals surface area contributed by atoms with E-state index in [1.54, 1.807) is 31.2 Å².